The third-order valence-electron chi connectivity index (χ3n) is 2.74. The summed E-state index contributed by atoms with van der Waals surface area (Å²) >= 11 is 0. The number of halogens is 4. The molecule has 2 N–H and O–H groups in total. The van der Waals surface area contributed by atoms with Crippen LogP contribution in [0.3, 0.4) is 0 Å². The van der Waals surface area contributed by atoms with E-state index in [0.29, 0.717) is 11.8 Å². The monoisotopic (exact) mass is 278 g/mol. The zero-order chi connectivity index (χ0) is 14.8. The van der Waals surface area contributed by atoms with Crippen LogP contribution in [0.25, 0.3) is 0 Å². The number of rotatable bonds is 3. The molecule has 0 aromatic heterocycles. The lowest BCUT2D eigenvalue weighted by atomic mass is 10.0. The van der Waals surface area contributed by atoms with Gasteiger partial charge in [-0.25, -0.2) is 4.39 Å². The highest BCUT2D eigenvalue weighted by atomic mass is 19.4. The van der Waals surface area contributed by atoms with Crippen LogP contribution in [0, 0.1) is 5.82 Å². The average molecular weight is 278 g/mol. The summed E-state index contributed by atoms with van der Waals surface area (Å²) in [5, 5.41) is 0. The molecule has 19 heavy (non-hydrogen) atoms. The van der Waals surface area contributed by atoms with E-state index in [1.807, 2.05) is 0 Å². The highest BCUT2D eigenvalue weighted by Gasteiger charge is 2.55. The minimum atomic E-state index is -4.91. The Hall–Kier alpha value is -1.63. The second-order valence-electron chi connectivity index (χ2n) is 4.20. The number of carbonyl (C=O) groups is 1. The van der Waals surface area contributed by atoms with Crippen molar-refractivity contribution in [3.05, 3.63) is 30.1 Å². The quantitative estimate of drug-likeness (QED) is 0.863. The minimum Gasteiger partial charge on any atom is -0.310 e. The Kier molecular flexibility index (Phi) is 4.19. The van der Waals surface area contributed by atoms with Crippen molar-refractivity contribution in [1.29, 1.82) is 0 Å². The van der Waals surface area contributed by atoms with E-state index in [1.165, 1.54) is 25.1 Å². The number of carbonyl (C=O) groups excluding carboxylic acids is 1. The van der Waals surface area contributed by atoms with Gasteiger partial charge in [-0.1, -0.05) is 12.1 Å². The summed E-state index contributed by atoms with van der Waals surface area (Å²) < 4.78 is 51.7. The molecule has 1 aromatic rings. The molecule has 0 fully saturated rings. The van der Waals surface area contributed by atoms with E-state index in [9.17, 15) is 22.4 Å². The molecule has 1 rings (SSSR count). The Labute approximate surface area is 108 Å². The largest absolute Gasteiger partial charge is 0.415 e. The molecule has 0 radical (unpaired) electrons. The first-order chi connectivity index (χ1) is 8.63. The van der Waals surface area contributed by atoms with Crippen LogP contribution < -0.4 is 10.6 Å². The van der Waals surface area contributed by atoms with Crippen molar-refractivity contribution in [3.63, 3.8) is 0 Å². The topological polar surface area (TPSA) is 46.3 Å². The van der Waals surface area contributed by atoms with Crippen LogP contribution in [0.5, 0.6) is 0 Å². The van der Waals surface area contributed by atoms with Gasteiger partial charge in [0, 0.05) is 6.54 Å². The lowest BCUT2D eigenvalue weighted by Gasteiger charge is -2.32. The van der Waals surface area contributed by atoms with Gasteiger partial charge >= 0.3 is 6.18 Å². The van der Waals surface area contributed by atoms with Crippen molar-refractivity contribution in [3.8, 4) is 0 Å². The van der Waals surface area contributed by atoms with Gasteiger partial charge in [0.15, 0.2) is 5.54 Å². The fourth-order valence-corrected chi connectivity index (χ4v) is 1.50. The van der Waals surface area contributed by atoms with Gasteiger partial charge < -0.3 is 10.6 Å². The van der Waals surface area contributed by atoms with E-state index < -0.39 is 23.4 Å². The van der Waals surface area contributed by atoms with Crippen molar-refractivity contribution >= 4 is 11.6 Å². The van der Waals surface area contributed by atoms with Gasteiger partial charge in [0.25, 0.3) is 5.91 Å². The second-order valence-corrected chi connectivity index (χ2v) is 4.20. The maximum atomic E-state index is 13.6. The van der Waals surface area contributed by atoms with Crippen molar-refractivity contribution in [2.75, 3.05) is 11.4 Å². The molecule has 106 valence electrons. The molecular formula is C12H14F4N2O. The van der Waals surface area contributed by atoms with Gasteiger partial charge in [0.2, 0.25) is 0 Å². The molecule has 0 bridgehead atoms. The van der Waals surface area contributed by atoms with Gasteiger partial charge in [-0.2, -0.15) is 13.2 Å². The number of para-hydroxylation sites is 1. The van der Waals surface area contributed by atoms with E-state index in [1.54, 1.807) is 0 Å². The Balaban J connectivity index is 3.19. The molecule has 0 heterocycles. The number of anilines is 1. The molecule has 0 aliphatic heterocycles. The normalized spacial score (nSPS) is 14.9. The molecule has 0 saturated carbocycles. The predicted octanol–water partition coefficient (Wildman–Crippen LogP) is 2.46. The molecule has 0 saturated heterocycles. The number of nitrogens with zero attached hydrogens (tertiary/aromatic N) is 1. The number of amides is 1. The van der Waals surface area contributed by atoms with E-state index in [0.717, 1.165) is 6.07 Å². The van der Waals surface area contributed by atoms with Crippen LogP contribution in [0.1, 0.15) is 13.8 Å². The molecule has 0 aliphatic rings. The lowest BCUT2D eigenvalue weighted by molar-refractivity contribution is -0.185. The number of nitrogens with two attached hydrogens (primary N) is 1. The van der Waals surface area contributed by atoms with Gasteiger partial charge in [-0.15, -0.1) is 0 Å². The molecule has 7 heteroatoms. The molecule has 0 spiro atoms. The van der Waals surface area contributed by atoms with E-state index >= 15 is 0 Å². The molecule has 1 unspecified atom stereocenters. The second kappa shape index (κ2) is 5.16. The molecule has 3 nitrogen and oxygen atoms in total. The van der Waals surface area contributed by atoms with Crippen molar-refractivity contribution in [2.45, 2.75) is 25.6 Å². The van der Waals surface area contributed by atoms with Crippen LogP contribution in [0.15, 0.2) is 24.3 Å². The summed E-state index contributed by atoms with van der Waals surface area (Å²) in [6.45, 7) is 1.89. The fourth-order valence-electron chi connectivity index (χ4n) is 1.50. The van der Waals surface area contributed by atoms with Gasteiger partial charge in [-0.3, -0.25) is 4.79 Å². The molecule has 1 amide bonds. The van der Waals surface area contributed by atoms with Crippen LogP contribution in [-0.4, -0.2) is 24.2 Å². The number of alkyl halides is 3. The Morgan fingerprint density at radius 1 is 1.32 bits per heavy atom. The summed E-state index contributed by atoms with van der Waals surface area (Å²) in [6, 6.07) is 5.09. The van der Waals surface area contributed by atoms with Crippen LogP contribution in [0.2, 0.25) is 0 Å². The molecule has 0 aliphatic carbocycles. The maximum Gasteiger partial charge on any atom is 0.415 e. The zero-order valence-corrected chi connectivity index (χ0v) is 10.5. The smallest absolute Gasteiger partial charge is 0.310 e. The van der Waals surface area contributed by atoms with E-state index in [2.05, 4.69) is 0 Å². The number of hydrogen-bond donors (Lipinski definition) is 1. The van der Waals surface area contributed by atoms with Crippen LogP contribution in [-0.2, 0) is 4.79 Å². The van der Waals surface area contributed by atoms with E-state index in [-0.39, 0.29) is 12.2 Å². The average Bonchev–Trinajstić information content (AvgIpc) is 2.30. The van der Waals surface area contributed by atoms with E-state index in [4.69, 9.17) is 5.73 Å². The number of benzene rings is 1. The molecular weight excluding hydrogens is 264 g/mol. The summed E-state index contributed by atoms with van der Waals surface area (Å²) in [5.74, 6) is -2.18. The number of likely N-dealkylation sites (N-methyl/N-ethyl adjacent to an activating group) is 1. The zero-order valence-electron chi connectivity index (χ0n) is 10.5. The standard InChI is InChI=1S/C12H14F4N2O/c1-3-18(9-7-5-4-6-8(9)13)10(19)11(2,17)12(14,15)16/h4-7H,3,17H2,1-2H3. The Bertz CT molecular complexity index is 471. The third kappa shape index (κ3) is 2.86. The van der Waals surface area contributed by atoms with Gasteiger partial charge in [0.05, 0.1) is 5.69 Å². The van der Waals surface area contributed by atoms with Gasteiger partial charge in [0.1, 0.15) is 5.82 Å². The first-order valence-corrected chi connectivity index (χ1v) is 5.55. The summed E-state index contributed by atoms with van der Waals surface area (Å²) in [5.41, 5.74) is 1.77. The highest BCUT2D eigenvalue weighted by Crippen LogP contribution is 2.31. The SMILES string of the molecule is CCN(C(=O)C(C)(N)C(F)(F)F)c1ccccc1F. The third-order valence-corrected chi connectivity index (χ3v) is 2.74. The first kappa shape index (κ1) is 15.4. The predicted molar refractivity (Wildman–Crippen MR) is 63.1 cm³/mol. The highest BCUT2D eigenvalue weighted by molar-refractivity contribution is 6.00. The first-order valence-electron chi connectivity index (χ1n) is 5.55. The van der Waals surface area contributed by atoms with Crippen molar-refractivity contribution < 1.29 is 22.4 Å². The molecule has 1 aromatic carbocycles. The minimum absolute atomic E-state index is 0.122. The van der Waals surface area contributed by atoms with Crippen LogP contribution in [0.4, 0.5) is 23.2 Å². The lowest BCUT2D eigenvalue weighted by Crippen LogP contribution is -2.62. The van der Waals surface area contributed by atoms with Crippen LogP contribution >= 0.6 is 0 Å². The summed E-state index contributed by atoms with van der Waals surface area (Å²) in [7, 11) is 0. The summed E-state index contributed by atoms with van der Waals surface area (Å²) in [4.78, 5) is 12.6. The Morgan fingerprint density at radius 3 is 2.26 bits per heavy atom. The van der Waals surface area contributed by atoms with Gasteiger partial charge in [-0.05, 0) is 26.0 Å². The fraction of sp³-hybridized carbons (Fsp3) is 0.417. The number of hydrogen-bond acceptors (Lipinski definition) is 2. The molecule has 1 atom stereocenters. The van der Waals surface area contributed by atoms with Crippen molar-refractivity contribution in [1.82, 2.24) is 0 Å². The Morgan fingerprint density at radius 2 is 1.84 bits per heavy atom. The maximum absolute atomic E-state index is 13.6. The van der Waals surface area contributed by atoms with Crippen molar-refractivity contribution in [2.24, 2.45) is 5.73 Å². The summed E-state index contributed by atoms with van der Waals surface area (Å²) in [6.07, 6.45) is -4.91.